The first-order chi connectivity index (χ1) is 9.29. The summed E-state index contributed by atoms with van der Waals surface area (Å²) in [6.45, 7) is 8.13. The number of hydrogen-bond donors (Lipinski definition) is 1. The molecule has 0 bridgehead atoms. The number of rotatable bonds is 7. The number of piperidine rings is 1. The molecule has 2 atom stereocenters. The van der Waals surface area contributed by atoms with E-state index in [1.165, 1.54) is 45.3 Å². The van der Waals surface area contributed by atoms with E-state index in [-0.39, 0.29) is 0 Å². The molecule has 108 valence electrons. The van der Waals surface area contributed by atoms with Crippen LogP contribution in [0.4, 0.5) is 0 Å². The van der Waals surface area contributed by atoms with E-state index in [0.29, 0.717) is 12.1 Å². The second-order valence-corrected chi connectivity index (χ2v) is 5.77. The second-order valence-electron chi connectivity index (χ2n) is 5.77. The summed E-state index contributed by atoms with van der Waals surface area (Å²) >= 11 is 0. The molecule has 1 aliphatic heterocycles. The van der Waals surface area contributed by atoms with Gasteiger partial charge >= 0.3 is 0 Å². The molecule has 0 amide bonds. The highest BCUT2D eigenvalue weighted by Crippen LogP contribution is 2.14. The van der Waals surface area contributed by atoms with Crippen molar-refractivity contribution in [3.05, 3.63) is 24.2 Å². The Morgan fingerprint density at radius 3 is 3.00 bits per heavy atom. The number of nitrogens with one attached hydrogen (secondary N) is 1. The van der Waals surface area contributed by atoms with Crippen LogP contribution in [0.3, 0.4) is 0 Å². The van der Waals surface area contributed by atoms with Crippen LogP contribution in [0.1, 0.15) is 45.3 Å². The van der Waals surface area contributed by atoms with Crippen molar-refractivity contribution in [2.24, 2.45) is 0 Å². The van der Waals surface area contributed by atoms with Gasteiger partial charge in [0.1, 0.15) is 5.76 Å². The molecular weight excluding hydrogens is 236 g/mol. The van der Waals surface area contributed by atoms with Gasteiger partial charge in [0.25, 0.3) is 0 Å². The van der Waals surface area contributed by atoms with Crippen LogP contribution in [-0.4, -0.2) is 36.6 Å². The van der Waals surface area contributed by atoms with E-state index in [0.717, 1.165) is 12.2 Å². The number of nitrogens with zero attached hydrogens (tertiary/aromatic N) is 1. The summed E-state index contributed by atoms with van der Waals surface area (Å²) in [5, 5.41) is 3.66. The van der Waals surface area contributed by atoms with Gasteiger partial charge in [-0.1, -0.05) is 13.3 Å². The van der Waals surface area contributed by atoms with Crippen LogP contribution in [0.5, 0.6) is 0 Å². The standard InChI is InChI=1S/C16H28N2O/c1-3-10-18(13-15-7-4-5-9-17-15)14(2)12-16-8-6-11-19-16/h6,8,11,14-15,17H,3-5,7,9-10,12-13H2,1-2H3. The Labute approximate surface area is 117 Å². The Balaban J connectivity index is 1.86. The van der Waals surface area contributed by atoms with Gasteiger partial charge in [0, 0.05) is 25.0 Å². The van der Waals surface area contributed by atoms with Crippen molar-refractivity contribution in [1.29, 1.82) is 0 Å². The van der Waals surface area contributed by atoms with E-state index in [9.17, 15) is 0 Å². The van der Waals surface area contributed by atoms with Crippen LogP contribution < -0.4 is 5.32 Å². The maximum Gasteiger partial charge on any atom is 0.105 e. The van der Waals surface area contributed by atoms with Crippen molar-refractivity contribution in [3.63, 3.8) is 0 Å². The van der Waals surface area contributed by atoms with E-state index in [1.54, 1.807) is 6.26 Å². The molecule has 3 nitrogen and oxygen atoms in total. The Hall–Kier alpha value is -0.800. The topological polar surface area (TPSA) is 28.4 Å². The summed E-state index contributed by atoms with van der Waals surface area (Å²) < 4.78 is 5.48. The normalized spacial score (nSPS) is 21.7. The van der Waals surface area contributed by atoms with Gasteiger partial charge in [-0.3, -0.25) is 4.90 Å². The average Bonchev–Trinajstić information content (AvgIpc) is 2.92. The van der Waals surface area contributed by atoms with Gasteiger partial charge in [-0.05, 0) is 51.4 Å². The van der Waals surface area contributed by atoms with E-state index in [2.05, 4.69) is 30.1 Å². The zero-order chi connectivity index (χ0) is 13.5. The van der Waals surface area contributed by atoms with Crippen LogP contribution in [0.2, 0.25) is 0 Å². The fourth-order valence-corrected chi connectivity index (χ4v) is 2.99. The highest BCUT2D eigenvalue weighted by molar-refractivity contribution is 5.00. The third kappa shape index (κ3) is 4.66. The highest BCUT2D eigenvalue weighted by atomic mass is 16.3. The molecule has 1 aromatic heterocycles. The van der Waals surface area contributed by atoms with Crippen LogP contribution >= 0.6 is 0 Å². The van der Waals surface area contributed by atoms with Crippen molar-refractivity contribution in [2.75, 3.05) is 19.6 Å². The van der Waals surface area contributed by atoms with Gasteiger partial charge < -0.3 is 9.73 Å². The number of hydrogen-bond acceptors (Lipinski definition) is 3. The molecule has 3 heteroatoms. The van der Waals surface area contributed by atoms with Crippen LogP contribution in [0.15, 0.2) is 22.8 Å². The molecule has 1 aromatic rings. The van der Waals surface area contributed by atoms with Crippen molar-refractivity contribution < 1.29 is 4.42 Å². The quantitative estimate of drug-likeness (QED) is 0.820. The maximum absolute atomic E-state index is 5.48. The Bertz CT molecular complexity index is 331. The summed E-state index contributed by atoms with van der Waals surface area (Å²) in [6.07, 6.45) is 8.05. The zero-order valence-corrected chi connectivity index (χ0v) is 12.4. The largest absolute Gasteiger partial charge is 0.469 e. The lowest BCUT2D eigenvalue weighted by atomic mass is 10.0. The molecule has 0 spiro atoms. The van der Waals surface area contributed by atoms with Gasteiger partial charge in [-0.25, -0.2) is 0 Å². The molecular formula is C16H28N2O. The summed E-state index contributed by atoms with van der Waals surface area (Å²) in [5.41, 5.74) is 0. The third-order valence-electron chi connectivity index (χ3n) is 4.08. The van der Waals surface area contributed by atoms with E-state index in [1.807, 2.05) is 6.07 Å². The molecule has 1 saturated heterocycles. The zero-order valence-electron chi connectivity index (χ0n) is 12.4. The molecule has 2 heterocycles. The maximum atomic E-state index is 5.48. The SMILES string of the molecule is CCCN(CC1CCCCN1)C(C)Cc1ccco1. The van der Waals surface area contributed by atoms with Crippen molar-refractivity contribution in [1.82, 2.24) is 10.2 Å². The average molecular weight is 264 g/mol. The molecule has 19 heavy (non-hydrogen) atoms. The van der Waals surface area contributed by atoms with Crippen molar-refractivity contribution in [2.45, 2.75) is 58.0 Å². The van der Waals surface area contributed by atoms with Crippen molar-refractivity contribution in [3.8, 4) is 0 Å². The third-order valence-corrected chi connectivity index (χ3v) is 4.08. The van der Waals surface area contributed by atoms with Gasteiger partial charge in [-0.15, -0.1) is 0 Å². The smallest absolute Gasteiger partial charge is 0.105 e. The van der Waals surface area contributed by atoms with Crippen LogP contribution in [-0.2, 0) is 6.42 Å². The van der Waals surface area contributed by atoms with E-state index >= 15 is 0 Å². The summed E-state index contributed by atoms with van der Waals surface area (Å²) in [5.74, 6) is 1.10. The summed E-state index contributed by atoms with van der Waals surface area (Å²) in [6, 6.07) is 5.29. The lowest BCUT2D eigenvalue weighted by Crippen LogP contribution is -2.47. The first kappa shape index (κ1) is 14.6. The predicted molar refractivity (Wildman–Crippen MR) is 79.4 cm³/mol. The first-order valence-corrected chi connectivity index (χ1v) is 7.79. The molecule has 2 rings (SSSR count). The van der Waals surface area contributed by atoms with Crippen LogP contribution in [0, 0.1) is 0 Å². The summed E-state index contributed by atoms with van der Waals surface area (Å²) in [4.78, 5) is 2.62. The minimum atomic E-state index is 0.551. The monoisotopic (exact) mass is 264 g/mol. The Morgan fingerprint density at radius 2 is 2.37 bits per heavy atom. The molecule has 0 aliphatic carbocycles. The minimum Gasteiger partial charge on any atom is -0.469 e. The van der Waals surface area contributed by atoms with Crippen molar-refractivity contribution >= 4 is 0 Å². The van der Waals surface area contributed by atoms with Gasteiger partial charge in [0.15, 0.2) is 0 Å². The van der Waals surface area contributed by atoms with Gasteiger partial charge in [0.05, 0.1) is 6.26 Å². The fourth-order valence-electron chi connectivity index (χ4n) is 2.99. The Kier molecular flexibility index (Phi) is 5.93. The highest BCUT2D eigenvalue weighted by Gasteiger charge is 2.20. The molecule has 0 aromatic carbocycles. The minimum absolute atomic E-state index is 0.551. The van der Waals surface area contributed by atoms with E-state index in [4.69, 9.17) is 4.42 Å². The molecule has 1 aliphatic rings. The Morgan fingerprint density at radius 1 is 1.47 bits per heavy atom. The fraction of sp³-hybridized carbons (Fsp3) is 0.750. The lowest BCUT2D eigenvalue weighted by Gasteiger charge is -2.34. The second kappa shape index (κ2) is 7.71. The molecule has 0 radical (unpaired) electrons. The predicted octanol–water partition coefficient (Wildman–Crippen LogP) is 3.06. The van der Waals surface area contributed by atoms with Gasteiger partial charge in [-0.2, -0.15) is 0 Å². The summed E-state index contributed by atoms with van der Waals surface area (Å²) in [7, 11) is 0. The van der Waals surface area contributed by atoms with E-state index < -0.39 is 0 Å². The first-order valence-electron chi connectivity index (χ1n) is 7.79. The molecule has 2 unspecified atom stereocenters. The van der Waals surface area contributed by atoms with Gasteiger partial charge in [0.2, 0.25) is 0 Å². The molecule has 1 N–H and O–H groups in total. The molecule has 1 fully saturated rings. The number of furan rings is 1. The van der Waals surface area contributed by atoms with Crippen LogP contribution in [0.25, 0.3) is 0 Å². The lowest BCUT2D eigenvalue weighted by molar-refractivity contribution is 0.170. The molecule has 0 saturated carbocycles.